The van der Waals surface area contributed by atoms with Crippen LogP contribution in [-0.2, 0) is 9.59 Å². The summed E-state index contributed by atoms with van der Waals surface area (Å²) >= 11 is 3.43. The molecule has 0 aliphatic heterocycles. The summed E-state index contributed by atoms with van der Waals surface area (Å²) in [6.07, 6.45) is 3.27. The summed E-state index contributed by atoms with van der Waals surface area (Å²) in [5.41, 5.74) is 5.94. The van der Waals surface area contributed by atoms with Gasteiger partial charge >= 0.3 is 11.8 Å². The Morgan fingerprint density at radius 2 is 1.89 bits per heavy atom. The first-order chi connectivity index (χ1) is 13.0. The van der Waals surface area contributed by atoms with Crippen LogP contribution in [0.3, 0.4) is 0 Å². The Hall–Kier alpha value is -2.67. The fraction of sp³-hybridized carbons (Fsp3) is 0.250. The molecule has 6 nitrogen and oxygen atoms in total. The summed E-state index contributed by atoms with van der Waals surface area (Å²) in [6, 6.07) is 13.6. The Balaban J connectivity index is 2.06. The number of nitrogens with zero attached hydrogens (tertiary/aromatic N) is 1. The number of anilines is 2. The molecule has 2 rings (SSSR count). The van der Waals surface area contributed by atoms with Gasteiger partial charge in [0.1, 0.15) is 0 Å². The predicted molar refractivity (Wildman–Crippen MR) is 112 cm³/mol. The largest absolute Gasteiger partial charge is 0.355 e. The Labute approximate surface area is 167 Å². The van der Waals surface area contributed by atoms with Crippen molar-refractivity contribution in [2.75, 3.05) is 11.9 Å². The SMILES string of the molecule is CCCCNC(=O)C(=O)N/N=C\c1cc(Br)ccc1Nc1ccccc1C. The van der Waals surface area contributed by atoms with Gasteiger partial charge in [0.05, 0.1) is 6.21 Å². The summed E-state index contributed by atoms with van der Waals surface area (Å²) < 4.78 is 0.878. The molecular formula is C20H23BrN4O2. The molecule has 0 heterocycles. The standard InChI is InChI=1S/C20H23BrN4O2/c1-3-4-11-22-19(26)20(27)25-23-13-15-12-16(21)9-10-18(15)24-17-8-6-5-7-14(17)2/h5-10,12-13,24H,3-4,11H2,1-2H3,(H,22,26)(H,25,27)/b23-13-. The van der Waals surface area contributed by atoms with E-state index in [4.69, 9.17) is 0 Å². The Morgan fingerprint density at radius 1 is 1.11 bits per heavy atom. The van der Waals surface area contributed by atoms with Gasteiger partial charge in [-0.3, -0.25) is 9.59 Å². The van der Waals surface area contributed by atoms with Crippen molar-refractivity contribution >= 4 is 45.3 Å². The third-order valence-electron chi connectivity index (χ3n) is 3.82. The molecule has 0 radical (unpaired) electrons. The lowest BCUT2D eigenvalue weighted by Gasteiger charge is -2.12. The molecule has 7 heteroatoms. The third-order valence-corrected chi connectivity index (χ3v) is 4.31. The lowest BCUT2D eigenvalue weighted by molar-refractivity contribution is -0.139. The molecule has 0 bridgehead atoms. The molecule has 0 aliphatic carbocycles. The van der Waals surface area contributed by atoms with E-state index in [0.717, 1.165) is 39.8 Å². The van der Waals surface area contributed by atoms with Gasteiger partial charge in [-0.2, -0.15) is 5.10 Å². The Morgan fingerprint density at radius 3 is 2.63 bits per heavy atom. The van der Waals surface area contributed by atoms with Crippen LogP contribution in [0.2, 0.25) is 0 Å². The second-order valence-electron chi connectivity index (χ2n) is 5.98. The van der Waals surface area contributed by atoms with E-state index in [1.807, 2.05) is 56.3 Å². The smallest absolute Gasteiger partial charge is 0.329 e. The molecule has 0 aromatic heterocycles. The van der Waals surface area contributed by atoms with Crippen molar-refractivity contribution in [1.82, 2.24) is 10.7 Å². The maximum absolute atomic E-state index is 11.8. The van der Waals surface area contributed by atoms with Gasteiger partial charge in [0, 0.05) is 28.0 Å². The first-order valence-corrected chi connectivity index (χ1v) is 9.54. The number of hydrogen-bond donors (Lipinski definition) is 3. The predicted octanol–water partition coefficient (Wildman–Crippen LogP) is 3.87. The maximum Gasteiger partial charge on any atom is 0.329 e. The minimum Gasteiger partial charge on any atom is -0.355 e. The van der Waals surface area contributed by atoms with Gasteiger partial charge in [-0.15, -0.1) is 0 Å². The summed E-state index contributed by atoms with van der Waals surface area (Å²) in [6.45, 7) is 4.51. The number of carbonyl (C=O) groups excluding carboxylic acids is 2. The molecule has 0 fully saturated rings. The number of benzene rings is 2. The monoisotopic (exact) mass is 430 g/mol. The molecule has 0 saturated heterocycles. The van der Waals surface area contributed by atoms with Crippen LogP contribution < -0.4 is 16.1 Å². The summed E-state index contributed by atoms with van der Waals surface area (Å²) in [7, 11) is 0. The second-order valence-corrected chi connectivity index (χ2v) is 6.90. The number of halogens is 1. The van der Waals surface area contributed by atoms with E-state index in [9.17, 15) is 9.59 Å². The van der Waals surface area contributed by atoms with Crippen LogP contribution in [0, 0.1) is 6.92 Å². The lowest BCUT2D eigenvalue weighted by atomic mass is 10.1. The van der Waals surface area contributed by atoms with Gasteiger partial charge in [0.15, 0.2) is 0 Å². The molecule has 2 aromatic rings. The highest BCUT2D eigenvalue weighted by molar-refractivity contribution is 9.10. The lowest BCUT2D eigenvalue weighted by Crippen LogP contribution is -2.38. The number of rotatable bonds is 7. The van der Waals surface area contributed by atoms with Crippen LogP contribution in [0.5, 0.6) is 0 Å². The van der Waals surface area contributed by atoms with Crippen molar-refractivity contribution in [1.29, 1.82) is 0 Å². The van der Waals surface area contributed by atoms with Gasteiger partial charge in [-0.25, -0.2) is 5.43 Å². The Kier molecular flexibility index (Phi) is 8.00. The quantitative estimate of drug-likeness (QED) is 0.270. The average Bonchev–Trinajstić information content (AvgIpc) is 2.65. The number of aryl methyl sites for hydroxylation is 1. The number of nitrogens with one attached hydrogen (secondary N) is 3. The van der Waals surface area contributed by atoms with E-state index in [0.29, 0.717) is 6.54 Å². The molecule has 0 atom stereocenters. The summed E-state index contributed by atoms with van der Waals surface area (Å²) in [5, 5.41) is 9.82. The van der Waals surface area contributed by atoms with Gasteiger partial charge in [-0.05, 0) is 43.2 Å². The molecule has 2 amide bonds. The van der Waals surface area contributed by atoms with E-state index in [2.05, 4.69) is 37.1 Å². The average molecular weight is 431 g/mol. The van der Waals surface area contributed by atoms with Crippen LogP contribution in [0.4, 0.5) is 11.4 Å². The fourth-order valence-electron chi connectivity index (χ4n) is 2.28. The topological polar surface area (TPSA) is 82.6 Å². The molecule has 0 unspecified atom stereocenters. The van der Waals surface area contributed by atoms with Crippen LogP contribution in [0.15, 0.2) is 52.0 Å². The van der Waals surface area contributed by atoms with Crippen LogP contribution >= 0.6 is 15.9 Å². The minimum absolute atomic E-state index is 0.475. The summed E-state index contributed by atoms with van der Waals surface area (Å²) in [4.78, 5) is 23.4. The molecule has 3 N–H and O–H groups in total. The van der Waals surface area contributed by atoms with Crippen LogP contribution in [-0.4, -0.2) is 24.6 Å². The van der Waals surface area contributed by atoms with Crippen molar-refractivity contribution in [3.8, 4) is 0 Å². The molecule has 142 valence electrons. The molecule has 0 aliphatic rings. The second kappa shape index (κ2) is 10.5. The minimum atomic E-state index is -0.786. The normalized spacial score (nSPS) is 10.6. The van der Waals surface area contributed by atoms with E-state index in [1.54, 1.807) is 0 Å². The van der Waals surface area contributed by atoms with Gasteiger partial charge in [-0.1, -0.05) is 47.5 Å². The van der Waals surface area contributed by atoms with E-state index in [1.165, 1.54) is 6.21 Å². The fourth-order valence-corrected chi connectivity index (χ4v) is 2.66. The first-order valence-electron chi connectivity index (χ1n) is 8.74. The summed E-state index contributed by atoms with van der Waals surface area (Å²) in [5.74, 6) is -1.47. The highest BCUT2D eigenvalue weighted by Gasteiger charge is 2.11. The maximum atomic E-state index is 11.8. The number of hydrogen-bond acceptors (Lipinski definition) is 4. The molecule has 27 heavy (non-hydrogen) atoms. The number of amides is 2. The van der Waals surface area contributed by atoms with Crippen molar-refractivity contribution in [2.24, 2.45) is 5.10 Å². The number of para-hydroxylation sites is 1. The van der Waals surface area contributed by atoms with Crippen LogP contribution in [0.1, 0.15) is 30.9 Å². The van der Waals surface area contributed by atoms with Crippen molar-refractivity contribution in [3.63, 3.8) is 0 Å². The Bertz CT molecular complexity index is 836. The van der Waals surface area contributed by atoms with Gasteiger partial charge in [0.25, 0.3) is 0 Å². The van der Waals surface area contributed by atoms with E-state index < -0.39 is 11.8 Å². The van der Waals surface area contributed by atoms with Gasteiger partial charge < -0.3 is 10.6 Å². The number of hydrazone groups is 1. The highest BCUT2D eigenvalue weighted by Crippen LogP contribution is 2.25. The molecular weight excluding hydrogens is 408 g/mol. The first kappa shape index (κ1) is 20.6. The third kappa shape index (κ3) is 6.53. The molecule has 0 spiro atoms. The zero-order valence-corrected chi connectivity index (χ0v) is 17.0. The van der Waals surface area contributed by atoms with E-state index in [-0.39, 0.29) is 0 Å². The van der Waals surface area contributed by atoms with Crippen LogP contribution in [0.25, 0.3) is 0 Å². The zero-order chi connectivity index (χ0) is 19.6. The number of carbonyl (C=O) groups is 2. The molecule has 2 aromatic carbocycles. The van der Waals surface area contributed by atoms with Gasteiger partial charge in [0.2, 0.25) is 0 Å². The molecule has 0 saturated carbocycles. The van der Waals surface area contributed by atoms with Crippen molar-refractivity contribution in [3.05, 3.63) is 58.1 Å². The van der Waals surface area contributed by atoms with E-state index >= 15 is 0 Å². The van der Waals surface area contributed by atoms with Crippen molar-refractivity contribution in [2.45, 2.75) is 26.7 Å². The number of unbranched alkanes of at least 4 members (excludes halogenated alkanes) is 1. The highest BCUT2D eigenvalue weighted by atomic mass is 79.9. The zero-order valence-electron chi connectivity index (χ0n) is 15.4. The van der Waals surface area contributed by atoms with Crippen molar-refractivity contribution < 1.29 is 9.59 Å².